The lowest BCUT2D eigenvalue weighted by atomic mass is 9.43. The summed E-state index contributed by atoms with van der Waals surface area (Å²) in [5.41, 5.74) is 18.8. The van der Waals surface area contributed by atoms with Crippen molar-refractivity contribution in [2.75, 3.05) is 4.90 Å². The number of hydrogen-bond donors (Lipinski definition) is 0. The highest BCUT2D eigenvalue weighted by Gasteiger charge is 2.61. The molecule has 6 aromatic carbocycles. The van der Waals surface area contributed by atoms with E-state index in [1.807, 2.05) is 0 Å². The molecule has 53 heavy (non-hydrogen) atoms. The van der Waals surface area contributed by atoms with Gasteiger partial charge in [0.25, 0.3) is 0 Å². The van der Waals surface area contributed by atoms with Gasteiger partial charge in [-0.15, -0.1) is 0 Å². The molecule has 6 aromatic rings. The van der Waals surface area contributed by atoms with Gasteiger partial charge >= 0.3 is 0 Å². The first kappa shape index (κ1) is 30.6. The molecule has 0 aliphatic heterocycles. The highest BCUT2D eigenvalue weighted by molar-refractivity contribution is 5.92. The van der Waals surface area contributed by atoms with Gasteiger partial charge in [0, 0.05) is 27.8 Å². The number of para-hydroxylation sites is 1. The van der Waals surface area contributed by atoms with Gasteiger partial charge in [-0.3, -0.25) is 0 Å². The Hall–Kier alpha value is -4.88. The van der Waals surface area contributed by atoms with E-state index in [4.69, 9.17) is 0 Å². The second-order valence-corrected chi connectivity index (χ2v) is 17.6. The Labute approximate surface area is 314 Å². The third kappa shape index (κ3) is 4.15. The molecule has 0 unspecified atom stereocenters. The molecule has 0 amide bonds. The second-order valence-electron chi connectivity index (χ2n) is 17.6. The van der Waals surface area contributed by atoms with Gasteiger partial charge in [0.2, 0.25) is 0 Å². The third-order valence-electron chi connectivity index (χ3n) is 15.2. The standard InChI is InChI=1S/C52H47N/c1-3-13-36(14-4-1)41-15-7-10-20-50(41)53(39-21-23-44-42-16-5-8-18-46(42)51(48(44)32-39)25-11-2-12-26-51)40-22-24-45-43-17-6-9-19-47(43)52(49(45)33-40)37-28-34-27-35(30-37)31-38(52)29-34/h1,3-10,13-24,32-35,37-38H,2,11-12,25-31H2. The molecule has 13 rings (SSSR count). The first-order valence-corrected chi connectivity index (χ1v) is 20.7. The number of benzene rings is 6. The zero-order valence-electron chi connectivity index (χ0n) is 30.6. The van der Waals surface area contributed by atoms with Crippen LogP contribution in [0.4, 0.5) is 17.1 Å². The minimum absolute atomic E-state index is 0.106. The lowest BCUT2D eigenvalue weighted by Crippen LogP contribution is -2.55. The quantitative estimate of drug-likeness (QED) is 0.179. The van der Waals surface area contributed by atoms with Crippen molar-refractivity contribution in [3.8, 4) is 33.4 Å². The summed E-state index contributed by atoms with van der Waals surface area (Å²) < 4.78 is 0. The van der Waals surface area contributed by atoms with Gasteiger partial charge in [0.1, 0.15) is 0 Å². The van der Waals surface area contributed by atoms with Crippen LogP contribution in [0.15, 0.2) is 140 Å². The van der Waals surface area contributed by atoms with E-state index in [0.29, 0.717) is 0 Å². The molecule has 1 nitrogen and oxygen atoms in total. The van der Waals surface area contributed by atoms with Crippen molar-refractivity contribution in [1.82, 2.24) is 0 Å². The summed E-state index contributed by atoms with van der Waals surface area (Å²) in [6.45, 7) is 0. The fourth-order valence-corrected chi connectivity index (χ4v) is 13.5. The Balaban J connectivity index is 1.09. The Morgan fingerprint density at radius 3 is 1.64 bits per heavy atom. The molecule has 7 aliphatic carbocycles. The number of hydrogen-bond acceptors (Lipinski definition) is 1. The summed E-state index contributed by atoms with van der Waals surface area (Å²) >= 11 is 0. The maximum absolute atomic E-state index is 2.68. The normalized spacial score (nSPS) is 26.3. The smallest absolute Gasteiger partial charge is 0.0540 e. The van der Waals surface area contributed by atoms with E-state index in [9.17, 15) is 0 Å². The van der Waals surface area contributed by atoms with Crippen LogP contribution in [0.5, 0.6) is 0 Å². The third-order valence-corrected chi connectivity index (χ3v) is 15.2. The second kappa shape index (κ2) is 11.3. The molecule has 260 valence electrons. The van der Waals surface area contributed by atoms with Crippen molar-refractivity contribution < 1.29 is 0 Å². The SMILES string of the molecule is c1ccc(-c2ccccc2N(c2ccc3c(c2)C2(CCCCC2)c2ccccc2-3)c2ccc3c(c2)C2(c4ccccc4-3)C3CC4CC(C3)CC2C4)cc1. The van der Waals surface area contributed by atoms with E-state index in [0.717, 1.165) is 23.7 Å². The van der Waals surface area contributed by atoms with Gasteiger partial charge in [-0.05, 0) is 149 Å². The van der Waals surface area contributed by atoms with Gasteiger partial charge < -0.3 is 4.90 Å². The Morgan fingerprint density at radius 2 is 0.943 bits per heavy atom. The first-order valence-electron chi connectivity index (χ1n) is 20.7. The lowest BCUT2D eigenvalue weighted by molar-refractivity contribution is -0.0399. The summed E-state index contributed by atoms with van der Waals surface area (Å²) in [7, 11) is 0. The van der Waals surface area contributed by atoms with E-state index in [2.05, 4.69) is 144 Å². The summed E-state index contributed by atoms with van der Waals surface area (Å²) in [4.78, 5) is 2.63. The minimum atomic E-state index is 0.106. The fourth-order valence-electron chi connectivity index (χ4n) is 13.5. The molecule has 1 heteroatoms. The molecule has 0 heterocycles. The van der Waals surface area contributed by atoms with Crippen LogP contribution in [-0.4, -0.2) is 0 Å². The highest BCUT2D eigenvalue weighted by atomic mass is 15.1. The largest absolute Gasteiger partial charge is 0.310 e. The van der Waals surface area contributed by atoms with Crippen molar-refractivity contribution >= 4 is 17.1 Å². The Morgan fingerprint density at radius 1 is 0.415 bits per heavy atom. The van der Waals surface area contributed by atoms with Gasteiger partial charge in [0.05, 0.1) is 5.69 Å². The topological polar surface area (TPSA) is 3.24 Å². The monoisotopic (exact) mass is 685 g/mol. The van der Waals surface area contributed by atoms with Gasteiger partial charge in [-0.1, -0.05) is 128 Å². The molecule has 5 saturated carbocycles. The lowest BCUT2D eigenvalue weighted by Gasteiger charge is -2.61. The summed E-state index contributed by atoms with van der Waals surface area (Å²) in [5.74, 6) is 3.34. The molecule has 5 fully saturated rings. The van der Waals surface area contributed by atoms with Crippen LogP contribution in [-0.2, 0) is 10.8 Å². The minimum Gasteiger partial charge on any atom is -0.310 e. The van der Waals surface area contributed by atoms with Crippen molar-refractivity contribution in [3.63, 3.8) is 0 Å². The maximum Gasteiger partial charge on any atom is 0.0540 e. The van der Waals surface area contributed by atoms with Crippen molar-refractivity contribution in [2.45, 2.75) is 75.0 Å². The average Bonchev–Trinajstić information content (AvgIpc) is 3.64. The molecule has 0 N–H and O–H groups in total. The summed E-state index contributed by atoms with van der Waals surface area (Å²) in [5, 5.41) is 0. The zero-order chi connectivity index (χ0) is 34.7. The molecular weight excluding hydrogens is 639 g/mol. The van der Waals surface area contributed by atoms with E-state index >= 15 is 0 Å². The average molecular weight is 686 g/mol. The number of nitrogens with zero attached hydrogens (tertiary/aromatic N) is 1. The first-order chi connectivity index (χ1) is 26.2. The fraction of sp³-hybridized carbons (Fsp3) is 0.308. The number of fused-ring (bicyclic) bond motifs is 8. The van der Waals surface area contributed by atoms with E-state index < -0.39 is 0 Å². The van der Waals surface area contributed by atoms with E-state index in [1.165, 1.54) is 115 Å². The molecule has 2 spiro atoms. The predicted octanol–water partition coefficient (Wildman–Crippen LogP) is 13.8. The van der Waals surface area contributed by atoms with Gasteiger partial charge in [-0.2, -0.15) is 0 Å². The number of anilines is 3. The van der Waals surface area contributed by atoms with Crippen LogP contribution < -0.4 is 4.90 Å². The number of rotatable bonds is 4. The molecular formula is C52H47N. The van der Waals surface area contributed by atoms with Gasteiger partial charge in [0.15, 0.2) is 0 Å². The van der Waals surface area contributed by atoms with E-state index in [-0.39, 0.29) is 10.8 Å². The molecule has 7 aliphatic rings. The highest BCUT2D eigenvalue weighted by Crippen LogP contribution is 2.70. The van der Waals surface area contributed by atoms with Gasteiger partial charge in [-0.25, -0.2) is 0 Å². The molecule has 0 aromatic heterocycles. The Kier molecular flexibility index (Phi) is 6.53. The maximum atomic E-state index is 2.68. The molecule has 0 saturated heterocycles. The molecule has 4 bridgehead atoms. The van der Waals surface area contributed by atoms with Crippen LogP contribution in [0.25, 0.3) is 33.4 Å². The predicted molar refractivity (Wildman–Crippen MR) is 219 cm³/mol. The molecule has 0 atom stereocenters. The van der Waals surface area contributed by atoms with Crippen LogP contribution >= 0.6 is 0 Å². The van der Waals surface area contributed by atoms with Crippen LogP contribution in [0.2, 0.25) is 0 Å². The van der Waals surface area contributed by atoms with Crippen molar-refractivity contribution in [2.24, 2.45) is 23.7 Å². The van der Waals surface area contributed by atoms with Crippen molar-refractivity contribution in [3.05, 3.63) is 162 Å². The zero-order valence-corrected chi connectivity index (χ0v) is 30.6. The molecule has 0 radical (unpaired) electrons. The van der Waals surface area contributed by atoms with Crippen LogP contribution in [0, 0.1) is 23.7 Å². The van der Waals surface area contributed by atoms with Crippen molar-refractivity contribution in [1.29, 1.82) is 0 Å². The summed E-state index contributed by atoms with van der Waals surface area (Å²) in [6, 6.07) is 54.2. The summed E-state index contributed by atoms with van der Waals surface area (Å²) in [6.07, 6.45) is 13.5. The van der Waals surface area contributed by atoms with Crippen LogP contribution in [0.3, 0.4) is 0 Å². The Bertz CT molecular complexity index is 2380. The van der Waals surface area contributed by atoms with Crippen LogP contribution in [0.1, 0.15) is 86.5 Å². The van der Waals surface area contributed by atoms with E-state index in [1.54, 1.807) is 22.3 Å².